The molecule has 1 unspecified atom stereocenters. The van der Waals surface area contributed by atoms with Gasteiger partial charge < -0.3 is 10.6 Å². The molecule has 1 aliphatic rings. The van der Waals surface area contributed by atoms with E-state index >= 15 is 0 Å². The van der Waals surface area contributed by atoms with Crippen LogP contribution in [0.2, 0.25) is 5.02 Å². The molecular formula is C19H17ClFN3O3. The molecule has 140 valence electrons. The molecule has 8 heteroatoms. The van der Waals surface area contributed by atoms with Crippen LogP contribution in [0.3, 0.4) is 0 Å². The minimum Gasteiger partial charge on any atom is -0.336 e. The number of carbonyl (C=O) groups is 3. The number of aryl methyl sites for hydroxylation is 2. The number of hydrogen-bond donors (Lipinski definition) is 2. The summed E-state index contributed by atoms with van der Waals surface area (Å²) in [6, 6.07) is 8.34. The summed E-state index contributed by atoms with van der Waals surface area (Å²) in [5.41, 5.74) is 2.44. The summed E-state index contributed by atoms with van der Waals surface area (Å²) >= 11 is 5.75. The van der Waals surface area contributed by atoms with E-state index in [1.165, 1.54) is 12.1 Å². The summed E-state index contributed by atoms with van der Waals surface area (Å²) in [7, 11) is 0. The van der Waals surface area contributed by atoms with Crippen molar-refractivity contribution in [2.24, 2.45) is 5.92 Å². The highest BCUT2D eigenvalue weighted by Crippen LogP contribution is 2.26. The summed E-state index contributed by atoms with van der Waals surface area (Å²) in [4.78, 5) is 38.4. The van der Waals surface area contributed by atoms with Gasteiger partial charge >= 0.3 is 6.03 Å². The lowest BCUT2D eigenvalue weighted by Crippen LogP contribution is -2.58. The number of rotatable bonds is 3. The van der Waals surface area contributed by atoms with Gasteiger partial charge in [0, 0.05) is 12.2 Å². The zero-order valence-corrected chi connectivity index (χ0v) is 15.4. The van der Waals surface area contributed by atoms with Crippen LogP contribution < -0.4 is 15.5 Å². The second-order valence-corrected chi connectivity index (χ2v) is 6.67. The fourth-order valence-electron chi connectivity index (χ4n) is 2.91. The number of halogens is 2. The summed E-state index contributed by atoms with van der Waals surface area (Å²) in [5.74, 6) is -3.03. The minimum absolute atomic E-state index is 0.0912. The molecule has 1 atom stereocenters. The van der Waals surface area contributed by atoms with E-state index in [1.807, 2.05) is 32.0 Å². The van der Waals surface area contributed by atoms with Crippen LogP contribution in [0.4, 0.5) is 20.6 Å². The number of anilines is 2. The predicted molar refractivity (Wildman–Crippen MR) is 100 cm³/mol. The highest BCUT2D eigenvalue weighted by atomic mass is 35.5. The van der Waals surface area contributed by atoms with Crippen LogP contribution in [0.25, 0.3) is 0 Å². The van der Waals surface area contributed by atoms with Crippen molar-refractivity contribution in [3.63, 3.8) is 0 Å². The molecular weight excluding hydrogens is 373 g/mol. The molecule has 0 aliphatic carbocycles. The van der Waals surface area contributed by atoms with E-state index in [9.17, 15) is 18.8 Å². The van der Waals surface area contributed by atoms with Gasteiger partial charge in [0.15, 0.2) is 0 Å². The third-order valence-electron chi connectivity index (χ3n) is 4.39. The lowest BCUT2D eigenvalue weighted by molar-refractivity contribution is -0.130. The highest BCUT2D eigenvalue weighted by Gasteiger charge is 2.39. The fraction of sp³-hybridized carbons (Fsp3) is 0.211. The van der Waals surface area contributed by atoms with Crippen LogP contribution in [-0.4, -0.2) is 24.4 Å². The quantitative estimate of drug-likeness (QED) is 0.789. The van der Waals surface area contributed by atoms with Gasteiger partial charge in [-0.1, -0.05) is 29.8 Å². The number of imide groups is 1. The second-order valence-electron chi connectivity index (χ2n) is 6.27. The fourth-order valence-corrected chi connectivity index (χ4v) is 3.08. The first-order valence-electron chi connectivity index (χ1n) is 8.23. The molecule has 0 aromatic heterocycles. The van der Waals surface area contributed by atoms with Crippen molar-refractivity contribution in [3.8, 4) is 0 Å². The van der Waals surface area contributed by atoms with Crippen molar-refractivity contribution >= 4 is 40.8 Å². The highest BCUT2D eigenvalue weighted by molar-refractivity contribution is 6.31. The Hall–Kier alpha value is -2.93. The molecule has 1 fully saturated rings. The third-order valence-corrected chi connectivity index (χ3v) is 4.68. The van der Waals surface area contributed by atoms with Crippen molar-refractivity contribution in [1.29, 1.82) is 0 Å². The lowest BCUT2D eigenvalue weighted by atomic mass is 10.0. The Morgan fingerprint density at radius 3 is 2.52 bits per heavy atom. The van der Waals surface area contributed by atoms with Crippen LogP contribution in [-0.2, 0) is 9.59 Å². The summed E-state index contributed by atoms with van der Waals surface area (Å²) in [5, 5.41) is 5.05. The number of nitrogens with zero attached hydrogens (tertiary/aromatic N) is 1. The summed E-state index contributed by atoms with van der Waals surface area (Å²) in [6.45, 7) is 3.57. The molecule has 1 aliphatic heterocycles. The molecule has 2 aromatic rings. The average Bonchev–Trinajstić information content (AvgIpc) is 2.61. The Labute approximate surface area is 160 Å². The number of amides is 4. The van der Waals surface area contributed by atoms with Crippen LogP contribution in [0.5, 0.6) is 0 Å². The van der Waals surface area contributed by atoms with Gasteiger partial charge in [-0.05, 0) is 43.2 Å². The second kappa shape index (κ2) is 7.36. The van der Waals surface area contributed by atoms with Gasteiger partial charge in [0.05, 0.1) is 10.7 Å². The molecule has 4 amide bonds. The molecule has 0 spiro atoms. The molecule has 1 heterocycles. The minimum atomic E-state index is -1.12. The van der Waals surface area contributed by atoms with Gasteiger partial charge in [-0.3, -0.25) is 9.59 Å². The lowest BCUT2D eigenvalue weighted by Gasteiger charge is -2.31. The van der Waals surface area contributed by atoms with E-state index in [2.05, 4.69) is 10.6 Å². The van der Waals surface area contributed by atoms with Crippen molar-refractivity contribution in [2.75, 3.05) is 16.8 Å². The third kappa shape index (κ3) is 3.64. The number of carbonyl (C=O) groups excluding carboxylic acids is 3. The number of benzene rings is 2. The van der Waals surface area contributed by atoms with Crippen molar-refractivity contribution in [2.45, 2.75) is 13.8 Å². The van der Waals surface area contributed by atoms with Crippen LogP contribution >= 0.6 is 11.6 Å². The van der Waals surface area contributed by atoms with Crippen molar-refractivity contribution in [1.82, 2.24) is 5.32 Å². The van der Waals surface area contributed by atoms with Crippen LogP contribution in [0, 0.1) is 25.6 Å². The number of para-hydroxylation sites is 1. The van der Waals surface area contributed by atoms with Gasteiger partial charge in [-0.2, -0.15) is 0 Å². The van der Waals surface area contributed by atoms with Crippen molar-refractivity contribution < 1.29 is 18.8 Å². The van der Waals surface area contributed by atoms with E-state index in [1.54, 1.807) is 0 Å². The van der Waals surface area contributed by atoms with Gasteiger partial charge in [0.1, 0.15) is 11.7 Å². The molecule has 2 aromatic carbocycles. The smallest absolute Gasteiger partial charge is 0.328 e. The maximum Gasteiger partial charge on any atom is 0.328 e. The predicted octanol–water partition coefficient (Wildman–Crippen LogP) is 3.41. The van der Waals surface area contributed by atoms with E-state index in [4.69, 9.17) is 11.6 Å². The van der Waals surface area contributed by atoms with Gasteiger partial charge in [-0.25, -0.2) is 14.1 Å². The van der Waals surface area contributed by atoms with Crippen molar-refractivity contribution in [3.05, 3.63) is 58.4 Å². The van der Waals surface area contributed by atoms with Crippen LogP contribution in [0.15, 0.2) is 36.4 Å². The molecule has 2 N–H and O–H groups in total. The number of nitrogens with one attached hydrogen (secondary N) is 2. The van der Waals surface area contributed by atoms with E-state index in [-0.39, 0.29) is 17.3 Å². The zero-order valence-electron chi connectivity index (χ0n) is 14.7. The first-order valence-corrected chi connectivity index (χ1v) is 8.61. The van der Waals surface area contributed by atoms with E-state index < -0.39 is 29.6 Å². The largest absolute Gasteiger partial charge is 0.336 e. The molecule has 27 heavy (non-hydrogen) atoms. The first kappa shape index (κ1) is 18.8. The monoisotopic (exact) mass is 389 g/mol. The Morgan fingerprint density at radius 2 is 1.89 bits per heavy atom. The SMILES string of the molecule is Cc1cccc(C)c1NC(=O)C1CNC(=O)N(c2ccc(F)c(Cl)c2)C1=O. The van der Waals surface area contributed by atoms with Gasteiger partial charge in [0.2, 0.25) is 11.8 Å². The van der Waals surface area contributed by atoms with E-state index in [0.29, 0.717) is 5.69 Å². The Balaban J connectivity index is 1.86. The molecule has 0 bridgehead atoms. The molecule has 3 rings (SSSR count). The molecule has 1 saturated heterocycles. The Kier molecular flexibility index (Phi) is 5.14. The maximum absolute atomic E-state index is 13.4. The topological polar surface area (TPSA) is 78.5 Å². The van der Waals surface area contributed by atoms with E-state index in [0.717, 1.165) is 22.1 Å². The maximum atomic E-state index is 13.4. The molecule has 0 radical (unpaired) electrons. The normalized spacial score (nSPS) is 16.9. The number of urea groups is 1. The standard InChI is InChI=1S/C19H17ClFN3O3/c1-10-4-3-5-11(2)16(10)23-17(25)13-9-22-19(27)24(18(13)26)12-6-7-15(21)14(20)8-12/h3-8,13H,9H2,1-2H3,(H,22,27)(H,23,25). The zero-order chi connectivity index (χ0) is 19.7. The summed E-state index contributed by atoms with van der Waals surface area (Å²) < 4.78 is 13.4. The average molecular weight is 390 g/mol. The molecule has 0 saturated carbocycles. The Bertz CT molecular complexity index is 928. The Morgan fingerprint density at radius 1 is 1.22 bits per heavy atom. The van der Waals surface area contributed by atoms with Gasteiger partial charge in [-0.15, -0.1) is 0 Å². The van der Waals surface area contributed by atoms with Crippen LogP contribution in [0.1, 0.15) is 11.1 Å². The van der Waals surface area contributed by atoms with Gasteiger partial charge in [0.25, 0.3) is 0 Å². The summed E-state index contributed by atoms with van der Waals surface area (Å²) in [6.07, 6.45) is 0. The number of hydrogen-bond acceptors (Lipinski definition) is 3. The first-order chi connectivity index (χ1) is 12.8. The molecule has 6 nitrogen and oxygen atoms in total.